The van der Waals surface area contributed by atoms with Gasteiger partial charge in [0.25, 0.3) is 0 Å². The summed E-state index contributed by atoms with van der Waals surface area (Å²) in [6, 6.07) is 0.702. The van der Waals surface area contributed by atoms with Crippen molar-refractivity contribution in [3.8, 4) is 0 Å². The van der Waals surface area contributed by atoms with Crippen molar-refractivity contribution in [1.82, 2.24) is 9.80 Å². The van der Waals surface area contributed by atoms with E-state index in [1.54, 1.807) is 0 Å². The second-order valence-corrected chi connectivity index (χ2v) is 6.83. The lowest BCUT2D eigenvalue weighted by molar-refractivity contribution is -0.138. The molecule has 5 heteroatoms. The molecular weight excluding hydrogens is 248 g/mol. The molecule has 4 nitrogen and oxygen atoms in total. The number of aliphatic carboxylic acids is 1. The van der Waals surface area contributed by atoms with E-state index in [-0.39, 0.29) is 6.54 Å². The molecule has 1 N–H and O–H groups in total. The van der Waals surface area contributed by atoms with Gasteiger partial charge >= 0.3 is 5.97 Å². The number of hydrogen-bond donors (Lipinski definition) is 1. The summed E-state index contributed by atoms with van der Waals surface area (Å²) in [6.07, 6.45) is 3.74. The van der Waals surface area contributed by atoms with Crippen LogP contribution in [0.1, 0.15) is 26.2 Å². The summed E-state index contributed by atoms with van der Waals surface area (Å²) in [4.78, 5) is 15.4. The molecule has 0 saturated carbocycles. The topological polar surface area (TPSA) is 43.8 Å². The van der Waals surface area contributed by atoms with Crippen LogP contribution in [0.15, 0.2) is 0 Å². The molecule has 104 valence electrons. The van der Waals surface area contributed by atoms with Crippen molar-refractivity contribution < 1.29 is 9.90 Å². The summed E-state index contributed by atoms with van der Waals surface area (Å²) in [7, 11) is 0. The van der Waals surface area contributed by atoms with Crippen molar-refractivity contribution in [2.24, 2.45) is 0 Å². The van der Waals surface area contributed by atoms with Crippen LogP contribution in [0, 0.1) is 0 Å². The van der Waals surface area contributed by atoms with E-state index in [0.717, 1.165) is 37.8 Å². The van der Waals surface area contributed by atoms with Crippen molar-refractivity contribution in [3.05, 3.63) is 0 Å². The second kappa shape index (κ2) is 6.78. The average Bonchev–Trinajstić information content (AvgIpc) is 2.55. The van der Waals surface area contributed by atoms with Gasteiger partial charge in [-0.15, -0.1) is 0 Å². The van der Waals surface area contributed by atoms with E-state index in [2.05, 4.69) is 28.5 Å². The fraction of sp³-hybridized carbons (Fsp3) is 0.923. The van der Waals surface area contributed by atoms with Crippen LogP contribution in [0.25, 0.3) is 0 Å². The molecule has 18 heavy (non-hydrogen) atoms. The quantitative estimate of drug-likeness (QED) is 0.840. The first kappa shape index (κ1) is 14.2. The molecule has 0 radical (unpaired) electrons. The van der Waals surface area contributed by atoms with Gasteiger partial charge in [0.2, 0.25) is 0 Å². The SMILES string of the molecule is CC1SCCCC1N1CCCN(CC(=O)O)CC1. The Morgan fingerprint density at radius 1 is 1.28 bits per heavy atom. The van der Waals surface area contributed by atoms with Crippen molar-refractivity contribution in [2.75, 3.05) is 38.5 Å². The molecule has 0 aromatic carbocycles. The largest absolute Gasteiger partial charge is 0.480 e. The highest BCUT2D eigenvalue weighted by molar-refractivity contribution is 7.99. The first-order valence-corrected chi connectivity index (χ1v) is 8.01. The molecule has 2 aliphatic rings. The molecule has 2 atom stereocenters. The highest BCUT2D eigenvalue weighted by Gasteiger charge is 2.29. The Morgan fingerprint density at radius 3 is 2.83 bits per heavy atom. The number of carboxylic acid groups (broad SMARTS) is 1. The molecule has 2 aliphatic heterocycles. The number of hydrogen-bond acceptors (Lipinski definition) is 4. The maximum Gasteiger partial charge on any atom is 0.317 e. The third kappa shape index (κ3) is 3.87. The minimum Gasteiger partial charge on any atom is -0.480 e. The molecule has 2 fully saturated rings. The fourth-order valence-electron chi connectivity index (χ4n) is 3.06. The van der Waals surface area contributed by atoms with E-state index in [1.807, 2.05) is 0 Å². The van der Waals surface area contributed by atoms with E-state index in [1.165, 1.54) is 18.6 Å². The van der Waals surface area contributed by atoms with Crippen LogP contribution < -0.4 is 0 Å². The standard InChI is InChI=1S/C13H24N2O2S/c1-11-12(4-2-9-18-11)15-6-3-5-14(7-8-15)10-13(16)17/h11-12H,2-10H2,1H3,(H,16,17). The first-order chi connectivity index (χ1) is 8.66. The predicted octanol–water partition coefficient (Wildman–Crippen LogP) is 1.36. The van der Waals surface area contributed by atoms with Crippen molar-refractivity contribution in [1.29, 1.82) is 0 Å². The van der Waals surface area contributed by atoms with E-state index in [4.69, 9.17) is 5.11 Å². The van der Waals surface area contributed by atoms with Gasteiger partial charge in [0.05, 0.1) is 6.54 Å². The van der Waals surface area contributed by atoms with Gasteiger partial charge < -0.3 is 5.11 Å². The summed E-state index contributed by atoms with van der Waals surface area (Å²) in [5.41, 5.74) is 0. The average molecular weight is 272 g/mol. The van der Waals surface area contributed by atoms with E-state index >= 15 is 0 Å². The van der Waals surface area contributed by atoms with Crippen LogP contribution in [0.5, 0.6) is 0 Å². The molecule has 0 aliphatic carbocycles. The van der Waals surface area contributed by atoms with Gasteiger partial charge in [0.15, 0.2) is 0 Å². The highest BCUT2D eigenvalue weighted by Crippen LogP contribution is 2.29. The summed E-state index contributed by atoms with van der Waals surface area (Å²) in [6.45, 7) is 6.53. The fourth-order valence-corrected chi connectivity index (χ4v) is 4.29. The van der Waals surface area contributed by atoms with Crippen LogP contribution in [0.3, 0.4) is 0 Å². The minimum atomic E-state index is -0.704. The van der Waals surface area contributed by atoms with Crippen LogP contribution in [0.4, 0.5) is 0 Å². The second-order valence-electron chi connectivity index (χ2n) is 5.34. The van der Waals surface area contributed by atoms with E-state index in [0.29, 0.717) is 6.04 Å². The Bertz CT molecular complexity index is 288. The lowest BCUT2D eigenvalue weighted by Crippen LogP contribution is -2.45. The molecule has 0 amide bonds. The molecule has 2 heterocycles. The van der Waals surface area contributed by atoms with Gasteiger partial charge in [0, 0.05) is 30.9 Å². The van der Waals surface area contributed by atoms with Crippen LogP contribution >= 0.6 is 11.8 Å². The molecule has 2 rings (SSSR count). The number of carbonyl (C=O) groups is 1. The molecule has 0 aromatic heterocycles. The van der Waals surface area contributed by atoms with Gasteiger partial charge in [-0.3, -0.25) is 14.6 Å². The predicted molar refractivity (Wildman–Crippen MR) is 75.2 cm³/mol. The molecule has 2 unspecified atom stereocenters. The van der Waals surface area contributed by atoms with Crippen molar-refractivity contribution in [2.45, 2.75) is 37.5 Å². The van der Waals surface area contributed by atoms with Crippen molar-refractivity contribution in [3.63, 3.8) is 0 Å². The summed E-state index contributed by atoms with van der Waals surface area (Å²) >= 11 is 2.09. The third-order valence-electron chi connectivity index (χ3n) is 4.02. The van der Waals surface area contributed by atoms with Gasteiger partial charge in [-0.05, 0) is 31.6 Å². The summed E-state index contributed by atoms with van der Waals surface area (Å²) in [5.74, 6) is 0.599. The molecular formula is C13H24N2O2S. The number of thioether (sulfide) groups is 1. The molecule has 2 saturated heterocycles. The Hall–Kier alpha value is -0.260. The molecule has 0 bridgehead atoms. The van der Waals surface area contributed by atoms with Gasteiger partial charge in [-0.2, -0.15) is 11.8 Å². The number of rotatable bonds is 3. The molecule has 0 aromatic rings. The minimum absolute atomic E-state index is 0.197. The lowest BCUT2D eigenvalue weighted by atomic mass is 10.1. The highest BCUT2D eigenvalue weighted by atomic mass is 32.2. The van der Waals surface area contributed by atoms with Crippen LogP contribution in [-0.4, -0.2) is 70.6 Å². The molecule has 0 spiro atoms. The van der Waals surface area contributed by atoms with Gasteiger partial charge in [-0.25, -0.2) is 0 Å². The third-order valence-corrected chi connectivity index (χ3v) is 5.38. The van der Waals surface area contributed by atoms with E-state index < -0.39 is 5.97 Å². The van der Waals surface area contributed by atoms with Crippen LogP contribution in [0.2, 0.25) is 0 Å². The number of nitrogens with zero attached hydrogens (tertiary/aromatic N) is 2. The van der Waals surface area contributed by atoms with Crippen molar-refractivity contribution >= 4 is 17.7 Å². The lowest BCUT2D eigenvalue weighted by Gasteiger charge is -2.37. The monoisotopic (exact) mass is 272 g/mol. The first-order valence-electron chi connectivity index (χ1n) is 6.96. The van der Waals surface area contributed by atoms with Gasteiger partial charge in [-0.1, -0.05) is 6.92 Å². The summed E-state index contributed by atoms with van der Waals surface area (Å²) in [5, 5.41) is 9.58. The zero-order valence-electron chi connectivity index (χ0n) is 11.2. The van der Waals surface area contributed by atoms with E-state index in [9.17, 15) is 4.79 Å². The summed E-state index contributed by atoms with van der Waals surface area (Å²) < 4.78 is 0. The Kier molecular flexibility index (Phi) is 5.33. The Labute approximate surface area is 114 Å². The Balaban J connectivity index is 1.86. The zero-order chi connectivity index (χ0) is 13.0. The maximum atomic E-state index is 10.8. The maximum absolute atomic E-state index is 10.8. The van der Waals surface area contributed by atoms with Gasteiger partial charge in [0.1, 0.15) is 0 Å². The van der Waals surface area contributed by atoms with Crippen LogP contribution in [-0.2, 0) is 4.79 Å². The normalized spacial score (nSPS) is 32.1. The Morgan fingerprint density at radius 2 is 2.11 bits per heavy atom. The smallest absolute Gasteiger partial charge is 0.317 e. The number of carboxylic acids is 1. The zero-order valence-corrected chi connectivity index (χ0v) is 12.0.